The molecule has 1 amide bonds. The summed E-state index contributed by atoms with van der Waals surface area (Å²) in [6.45, 7) is 2.63. The summed E-state index contributed by atoms with van der Waals surface area (Å²) < 4.78 is 5.12. The molecular formula is C21H22N2O2S. The van der Waals surface area contributed by atoms with Gasteiger partial charge < -0.3 is 10.1 Å². The number of aromatic nitrogens is 1. The molecule has 2 aromatic carbocycles. The zero-order valence-electron chi connectivity index (χ0n) is 15.0. The van der Waals surface area contributed by atoms with Gasteiger partial charge >= 0.3 is 0 Å². The summed E-state index contributed by atoms with van der Waals surface area (Å²) in [6.07, 6.45) is 1.32. The van der Waals surface area contributed by atoms with Crippen LogP contribution in [-0.2, 0) is 24.2 Å². The highest BCUT2D eigenvalue weighted by molar-refractivity contribution is 7.13. The van der Waals surface area contributed by atoms with Gasteiger partial charge in [0.05, 0.1) is 19.2 Å². The quantitative estimate of drug-likeness (QED) is 0.680. The van der Waals surface area contributed by atoms with Crippen molar-refractivity contribution in [3.05, 3.63) is 70.7 Å². The van der Waals surface area contributed by atoms with Gasteiger partial charge in [0.25, 0.3) is 0 Å². The Morgan fingerprint density at radius 2 is 1.77 bits per heavy atom. The second-order valence-electron chi connectivity index (χ2n) is 6.00. The number of rotatable bonds is 7. The fraction of sp³-hybridized carbons (Fsp3) is 0.238. The molecule has 0 saturated carbocycles. The fourth-order valence-electron chi connectivity index (χ4n) is 2.56. The Kier molecular flexibility index (Phi) is 6.02. The van der Waals surface area contributed by atoms with Crippen LogP contribution in [0, 0.1) is 0 Å². The lowest BCUT2D eigenvalue weighted by Gasteiger charge is -2.07. The molecule has 0 unspecified atom stereocenters. The van der Waals surface area contributed by atoms with E-state index in [9.17, 15) is 4.79 Å². The maximum absolute atomic E-state index is 12.1. The lowest BCUT2D eigenvalue weighted by molar-refractivity contribution is -0.120. The Labute approximate surface area is 157 Å². The number of thiazole rings is 1. The highest BCUT2D eigenvalue weighted by Crippen LogP contribution is 2.24. The van der Waals surface area contributed by atoms with Crippen LogP contribution in [0.15, 0.2) is 53.9 Å². The van der Waals surface area contributed by atoms with Gasteiger partial charge in [-0.1, -0.05) is 43.3 Å². The molecule has 0 fully saturated rings. The van der Waals surface area contributed by atoms with Crippen LogP contribution in [0.4, 0.5) is 0 Å². The standard InChI is InChI=1S/C21H22N2O2S/c1-3-18-14-26-21(23-18)17-8-4-16(5-9-17)13-22-20(24)12-15-6-10-19(25-2)11-7-15/h4-11,14H,3,12-13H2,1-2H3,(H,22,24). The summed E-state index contributed by atoms with van der Waals surface area (Å²) in [5.74, 6) is 0.798. The highest BCUT2D eigenvalue weighted by atomic mass is 32.1. The van der Waals surface area contributed by atoms with Gasteiger partial charge in [-0.2, -0.15) is 0 Å². The number of benzene rings is 2. The Hall–Kier alpha value is -2.66. The zero-order valence-corrected chi connectivity index (χ0v) is 15.8. The Morgan fingerprint density at radius 1 is 1.08 bits per heavy atom. The summed E-state index contributed by atoms with van der Waals surface area (Å²) >= 11 is 1.67. The molecule has 0 radical (unpaired) electrons. The number of amides is 1. The summed E-state index contributed by atoms with van der Waals surface area (Å²) in [6, 6.07) is 15.7. The first-order valence-electron chi connectivity index (χ1n) is 8.61. The van der Waals surface area contributed by atoms with Crippen molar-refractivity contribution in [2.75, 3.05) is 7.11 Å². The van der Waals surface area contributed by atoms with Gasteiger partial charge in [-0.3, -0.25) is 4.79 Å². The second-order valence-corrected chi connectivity index (χ2v) is 6.85. The van der Waals surface area contributed by atoms with E-state index >= 15 is 0 Å². The number of methoxy groups -OCH3 is 1. The van der Waals surface area contributed by atoms with Crippen molar-refractivity contribution < 1.29 is 9.53 Å². The minimum Gasteiger partial charge on any atom is -0.497 e. The SMILES string of the molecule is CCc1csc(-c2ccc(CNC(=O)Cc3ccc(OC)cc3)cc2)n1. The summed E-state index contributed by atoms with van der Waals surface area (Å²) in [7, 11) is 1.63. The zero-order chi connectivity index (χ0) is 18.4. The van der Waals surface area contributed by atoms with Crippen molar-refractivity contribution in [2.24, 2.45) is 0 Å². The molecular weight excluding hydrogens is 344 g/mol. The van der Waals surface area contributed by atoms with Crippen molar-refractivity contribution in [3.8, 4) is 16.3 Å². The molecule has 0 spiro atoms. The van der Waals surface area contributed by atoms with Crippen LogP contribution in [-0.4, -0.2) is 18.0 Å². The molecule has 1 N–H and O–H groups in total. The molecule has 3 rings (SSSR count). The Balaban J connectivity index is 1.53. The lowest BCUT2D eigenvalue weighted by atomic mass is 10.1. The van der Waals surface area contributed by atoms with Gasteiger partial charge in [-0.15, -0.1) is 11.3 Å². The third-order valence-electron chi connectivity index (χ3n) is 4.13. The van der Waals surface area contributed by atoms with Gasteiger partial charge in [0.15, 0.2) is 0 Å². The van der Waals surface area contributed by atoms with Crippen molar-refractivity contribution in [3.63, 3.8) is 0 Å². The van der Waals surface area contributed by atoms with E-state index in [1.807, 2.05) is 36.4 Å². The number of ether oxygens (including phenoxy) is 1. The van der Waals surface area contributed by atoms with E-state index in [-0.39, 0.29) is 5.91 Å². The van der Waals surface area contributed by atoms with Gasteiger partial charge in [-0.05, 0) is 29.7 Å². The lowest BCUT2D eigenvalue weighted by Crippen LogP contribution is -2.24. The third kappa shape index (κ3) is 4.70. The molecule has 0 bridgehead atoms. The Morgan fingerprint density at radius 3 is 2.38 bits per heavy atom. The second kappa shape index (κ2) is 8.63. The van der Waals surface area contributed by atoms with Crippen LogP contribution in [0.2, 0.25) is 0 Å². The normalized spacial score (nSPS) is 10.5. The highest BCUT2D eigenvalue weighted by Gasteiger charge is 2.06. The topological polar surface area (TPSA) is 51.2 Å². The molecule has 0 aliphatic carbocycles. The average Bonchev–Trinajstić information content (AvgIpc) is 3.17. The number of nitrogens with zero attached hydrogens (tertiary/aromatic N) is 1. The number of aryl methyl sites for hydroxylation is 1. The van der Waals surface area contributed by atoms with Crippen LogP contribution in [0.1, 0.15) is 23.7 Å². The molecule has 0 atom stereocenters. The molecule has 3 aromatic rings. The first-order valence-corrected chi connectivity index (χ1v) is 9.49. The largest absolute Gasteiger partial charge is 0.497 e. The van der Waals surface area contributed by atoms with E-state index in [0.717, 1.165) is 39.6 Å². The van der Waals surface area contributed by atoms with E-state index in [1.165, 1.54) is 0 Å². The van der Waals surface area contributed by atoms with Crippen molar-refractivity contribution in [1.82, 2.24) is 10.3 Å². The summed E-state index contributed by atoms with van der Waals surface area (Å²) in [4.78, 5) is 16.7. The number of hydrogen-bond donors (Lipinski definition) is 1. The summed E-state index contributed by atoms with van der Waals surface area (Å²) in [5.41, 5.74) is 4.28. The first kappa shape index (κ1) is 18.1. The van der Waals surface area contributed by atoms with Gasteiger partial charge in [0.1, 0.15) is 10.8 Å². The number of carbonyl (C=O) groups excluding carboxylic acids is 1. The minimum absolute atomic E-state index is 0.00625. The van der Waals surface area contributed by atoms with Crippen LogP contribution >= 0.6 is 11.3 Å². The maximum atomic E-state index is 12.1. The molecule has 0 saturated heterocycles. The van der Waals surface area contributed by atoms with Crippen molar-refractivity contribution in [1.29, 1.82) is 0 Å². The van der Waals surface area contributed by atoms with Crippen LogP contribution in [0.3, 0.4) is 0 Å². The fourth-order valence-corrected chi connectivity index (χ4v) is 3.47. The molecule has 26 heavy (non-hydrogen) atoms. The third-order valence-corrected chi connectivity index (χ3v) is 5.07. The number of nitrogens with one attached hydrogen (secondary N) is 1. The van der Waals surface area contributed by atoms with Crippen LogP contribution < -0.4 is 10.1 Å². The predicted octanol–water partition coefficient (Wildman–Crippen LogP) is 4.24. The van der Waals surface area contributed by atoms with Crippen molar-refractivity contribution in [2.45, 2.75) is 26.3 Å². The Bertz CT molecular complexity index is 854. The molecule has 0 aliphatic heterocycles. The van der Waals surface area contributed by atoms with E-state index in [1.54, 1.807) is 18.4 Å². The average molecular weight is 366 g/mol. The first-order chi connectivity index (χ1) is 12.7. The number of hydrogen-bond acceptors (Lipinski definition) is 4. The maximum Gasteiger partial charge on any atom is 0.224 e. The van der Waals surface area contributed by atoms with Gasteiger partial charge in [-0.25, -0.2) is 4.98 Å². The monoisotopic (exact) mass is 366 g/mol. The molecule has 1 aromatic heterocycles. The molecule has 134 valence electrons. The van der Waals surface area contributed by atoms with Crippen molar-refractivity contribution >= 4 is 17.2 Å². The smallest absolute Gasteiger partial charge is 0.224 e. The van der Waals surface area contributed by atoms with E-state index in [0.29, 0.717) is 13.0 Å². The van der Waals surface area contributed by atoms with Gasteiger partial charge in [0, 0.05) is 17.5 Å². The molecule has 1 heterocycles. The molecule has 5 heteroatoms. The van der Waals surface area contributed by atoms with Crippen LogP contribution in [0.25, 0.3) is 10.6 Å². The van der Waals surface area contributed by atoms with E-state index in [4.69, 9.17) is 4.74 Å². The van der Waals surface area contributed by atoms with Crippen LogP contribution in [0.5, 0.6) is 5.75 Å². The molecule has 4 nitrogen and oxygen atoms in total. The summed E-state index contributed by atoms with van der Waals surface area (Å²) in [5, 5.41) is 6.10. The minimum atomic E-state index is 0.00625. The van der Waals surface area contributed by atoms with Gasteiger partial charge in [0.2, 0.25) is 5.91 Å². The number of carbonyl (C=O) groups is 1. The molecule has 0 aliphatic rings. The van der Waals surface area contributed by atoms with E-state index in [2.05, 4.69) is 34.7 Å². The predicted molar refractivity (Wildman–Crippen MR) is 105 cm³/mol. The van der Waals surface area contributed by atoms with E-state index < -0.39 is 0 Å².